The number of rotatable bonds is 8. The summed E-state index contributed by atoms with van der Waals surface area (Å²) in [7, 11) is 0. The lowest BCUT2D eigenvalue weighted by atomic mass is 9.82. The molecule has 38 heavy (non-hydrogen) atoms. The summed E-state index contributed by atoms with van der Waals surface area (Å²) in [6, 6.07) is 26.3. The van der Waals surface area contributed by atoms with E-state index in [0.29, 0.717) is 23.9 Å². The van der Waals surface area contributed by atoms with Gasteiger partial charge in [0.2, 0.25) is 0 Å². The summed E-state index contributed by atoms with van der Waals surface area (Å²) in [6.45, 7) is 7.07. The fraction of sp³-hybridized carbons (Fsp3) is 0.419. The van der Waals surface area contributed by atoms with Gasteiger partial charge in [-0.25, -0.2) is 0 Å². The van der Waals surface area contributed by atoms with E-state index in [2.05, 4.69) is 63.1 Å². The molecule has 4 nitrogen and oxygen atoms in total. The Morgan fingerprint density at radius 1 is 0.895 bits per heavy atom. The van der Waals surface area contributed by atoms with E-state index >= 15 is 0 Å². The molecule has 2 saturated heterocycles. The second kappa shape index (κ2) is 11.4. The molecule has 0 N–H and O–H groups in total. The molecule has 0 radical (unpaired) electrons. The average Bonchev–Trinajstić information content (AvgIpc) is 3.35. The highest BCUT2D eigenvalue weighted by atomic mass is 19.4. The third-order valence-corrected chi connectivity index (χ3v) is 7.49. The van der Waals surface area contributed by atoms with Crippen LogP contribution in [0.15, 0.2) is 78.9 Å². The molecule has 0 aromatic heterocycles. The van der Waals surface area contributed by atoms with E-state index in [0.717, 1.165) is 32.5 Å². The van der Waals surface area contributed by atoms with Crippen molar-refractivity contribution in [1.29, 1.82) is 0 Å². The molecule has 3 aromatic carbocycles. The van der Waals surface area contributed by atoms with Crippen LogP contribution in [0.25, 0.3) is 0 Å². The van der Waals surface area contributed by atoms with Crippen molar-refractivity contribution in [3.05, 3.63) is 95.6 Å². The Morgan fingerprint density at radius 3 is 2.16 bits per heavy atom. The molecule has 0 unspecified atom stereocenters. The first-order valence-corrected chi connectivity index (χ1v) is 13.4. The highest BCUT2D eigenvalue weighted by molar-refractivity contribution is 5.41. The van der Waals surface area contributed by atoms with E-state index in [-0.39, 0.29) is 23.8 Å². The fourth-order valence-electron chi connectivity index (χ4n) is 6.10. The zero-order valence-corrected chi connectivity index (χ0v) is 21.9. The van der Waals surface area contributed by atoms with Crippen molar-refractivity contribution in [1.82, 2.24) is 9.80 Å². The molecule has 0 aliphatic carbocycles. The zero-order chi connectivity index (χ0) is 26.7. The lowest BCUT2D eigenvalue weighted by Gasteiger charge is -2.47. The maximum atomic E-state index is 13.0. The van der Waals surface area contributed by atoms with Gasteiger partial charge in [0.1, 0.15) is 11.5 Å². The lowest BCUT2D eigenvalue weighted by molar-refractivity contribution is -0.274. The van der Waals surface area contributed by atoms with Crippen molar-refractivity contribution < 1.29 is 22.6 Å². The summed E-state index contributed by atoms with van der Waals surface area (Å²) in [6.07, 6.45) is -2.56. The number of halogens is 3. The first-order chi connectivity index (χ1) is 18.3. The van der Waals surface area contributed by atoms with Gasteiger partial charge in [0.25, 0.3) is 0 Å². The molecule has 2 aliphatic rings. The van der Waals surface area contributed by atoms with E-state index in [9.17, 15) is 13.2 Å². The summed E-state index contributed by atoms with van der Waals surface area (Å²) in [4.78, 5) is 5.05. The Balaban J connectivity index is 1.47. The van der Waals surface area contributed by atoms with Gasteiger partial charge < -0.3 is 9.47 Å². The minimum Gasteiger partial charge on any atom is -0.491 e. The van der Waals surface area contributed by atoms with E-state index < -0.39 is 6.36 Å². The topological polar surface area (TPSA) is 24.9 Å². The standard InChI is InChI=1S/C31H35F3N2O2/c1-22(2)37-29-16-15-27(38-31(32,33)34)18-25(29)19-35-20-26-14-9-17-36(26)28(21-35)30(23-10-5-3-6-11-23)24-12-7-4-8-13-24/h3-8,10-13,15-16,18,22,26,28,30H,9,14,17,19-21H2,1-2H3/t26-,28-/m0/s1. The second-order valence-corrected chi connectivity index (χ2v) is 10.6. The quantitative estimate of drug-likeness (QED) is 0.322. The molecule has 0 bridgehead atoms. The molecule has 2 atom stereocenters. The van der Waals surface area contributed by atoms with Crippen LogP contribution < -0.4 is 9.47 Å². The molecule has 3 aromatic rings. The zero-order valence-electron chi connectivity index (χ0n) is 21.9. The van der Waals surface area contributed by atoms with Crippen molar-refractivity contribution in [2.45, 2.75) is 63.7 Å². The lowest BCUT2D eigenvalue weighted by Crippen LogP contribution is -2.57. The van der Waals surface area contributed by atoms with Crippen molar-refractivity contribution >= 4 is 0 Å². The van der Waals surface area contributed by atoms with Crippen LogP contribution in [0.1, 0.15) is 49.3 Å². The van der Waals surface area contributed by atoms with Crippen LogP contribution in [0.3, 0.4) is 0 Å². The molecule has 2 fully saturated rings. The largest absolute Gasteiger partial charge is 0.573 e. The first kappa shape index (κ1) is 26.6. The number of alkyl halides is 3. The van der Waals surface area contributed by atoms with Crippen molar-refractivity contribution in [2.75, 3.05) is 19.6 Å². The molecule has 202 valence electrons. The third kappa shape index (κ3) is 6.33. The van der Waals surface area contributed by atoms with Crippen LogP contribution in [0, 0.1) is 0 Å². The van der Waals surface area contributed by atoms with Gasteiger partial charge in [-0.3, -0.25) is 9.80 Å². The Kier molecular flexibility index (Phi) is 7.96. The smallest absolute Gasteiger partial charge is 0.491 e. The minimum absolute atomic E-state index is 0.0943. The number of fused-ring (bicyclic) bond motifs is 1. The normalized spacial score (nSPS) is 20.6. The van der Waals surface area contributed by atoms with Crippen LogP contribution in [0.5, 0.6) is 11.5 Å². The van der Waals surface area contributed by atoms with Gasteiger partial charge in [0.05, 0.1) is 6.10 Å². The summed E-state index contributed by atoms with van der Waals surface area (Å²) in [5, 5.41) is 0. The Morgan fingerprint density at radius 2 is 1.55 bits per heavy atom. The van der Waals surface area contributed by atoms with Crippen LogP contribution in [0.2, 0.25) is 0 Å². The predicted molar refractivity (Wildman–Crippen MR) is 142 cm³/mol. The Labute approximate surface area is 223 Å². The van der Waals surface area contributed by atoms with Gasteiger partial charge in [0, 0.05) is 43.2 Å². The van der Waals surface area contributed by atoms with E-state index in [1.165, 1.54) is 23.3 Å². The summed E-state index contributed by atoms with van der Waals surface area (Å²) in [5.41, 5.74) is 3.27. The fourth-order valence-corrected chi connectivity index (χ4v) is 6.10. The number of piperazine rings is 1. The Bertz CT molecular complexity index is 1150. The van der Waals surface area contributed by atoms with E-state index in [4.69, 9.17) is 4.74 Å². The van der Waals surface area contributed by atoms with Gasteiger partial charge in [-0.1, -0.05) is 60.7 Å². The van der Waals surface area contributed by atoms with Gasteiger partial charge in [0.15, 0.2) is 0 Å². The second-order valence-electron chi connectivity index (χ2n) is 10.6. The highest BCUT2D eigenvalue weighted by Gasteiger charge is 2.42. The molecule has 0 amide bonds. The number of benzene rings is 3. The molecule has 0 spiro atoms. The summed E-state index contributed by atoms with van der Waals surface area (Å²) >= 11 is 0. The number of ether oxygens (including phenoxy) is 2. The number of hydrogen-bond donors (Lipinski definition) is 0. The molecular weight excluding hydrogens is 489 g/mol. The van der Waals surface area contributed by atoms with Crippen molar-refractivity contribution in [3.8, 4) is 11.5 Å². The van der Waals surface area contributed by atoms with Crippen molar-refractivity contribution in [2.24, 2.45) is 0 Å². The maximum absolute atomic E-state index is 13.0. The maximum Gasteiger partial charge on any atom is 0.573 e. The Hall–Kier alpha value is -3.03. The molecule has 0 saturated carbocycles. The number of hydrogen-bond acceptors (Lipinski definition) is 4. The third-order valence-electron chi connectivity index (χ3n) is 7.49. The first-order valence-electron chi connectivity index (χ1n) is 13.4. The number of nitrogens with zero attached hydrogens (tertiary/aromatic N) is 2. The molecular formula is C31H35F3N2O2. The van der Waals surface area contributed by atoms with Gasteiger partial charge in [-0.2, -0.15) is 0 Å². The van der Waals surface area contributed by atoms with Crippen LogP contribution >= 0.6 is 0 Å². The predicted octanol–water partition coefficient (Wildman–Crippen LogP) is 6.85. The van der Waals surface area contributed by atoms with Crippen molar-refractivity contribution in [3.63, 3.8) is 0 Å². The molecule has 2 heterocycles. The van der Waals surface area contributed by atoms with Gasteiger partial charge in [-0.05, 0) is 62.6 Å². The average molecular weight is 525 g/mol. The van der Waals surface area contributed by atoms with Crippen LogP contribution in [0.4, 0.5) is 13.2 Å². The van der Waals surface area contributed by atoms with Crippen LogP contribution in [-0.2, 0) is 6.54 Å². The minimum atomic E-state index is -4.74. The molecule has 2 aliphatic heterocycles. The van der Waals surface area contributed by atoms with E-state index in [1.54, 1.807) is 6.07 Å². The van der Waals surface area contributed by atoms with Gasteiger partial charge in [-0.15, -0.1) is 13.2 Å². The van der Waals surface area contributed by atoms with E-state index in [1.807, 2.05) is 26.0 Å². The highest BCUT2D eigenvalue weighted by Crippen LogP contribution is 2.39. The summed E-state index contributed by atoms with van der Waals surface area (Å²) in [5.74, 6) is 0.570. The SMILES string of the molecule is CC(C)Oc1ccc(OC(F)(F)F)cc1CN1C[C@@H]2CCCN2[C@H](C(c2ccccc2)c2ccccc2)C1. The van der Waals surface area contributed by atoms with Crippen LogP contribution in [-0.4, -0.2) is 54.0 Å². The molecule has 5 rings (SSSR count). The monoisotopic (exact) mass is 524 g/mol. The van der Waals surface area contributed by atoms with Gasteiger partial charge >= 0.3 is 6.36 Å². The molecule has 7 heteroatoms. The summed E-state index contributed by atoms with van der Waals surface area (Å²) < 4.78 is 49.2.